The molecule has 0 aliphatic heterocycles. The summed E-state index contributed by atoms with van der Waals surface area (Å²) < 4.78 is 0. The smallest absolute Gasteiger partial charge is 0.253 e. The minimum atomic E-state index is -0.438. The Morgan fingerprint density at radius 3 is 2.29 bits per heavy atom. The molecule has 2 amide bonds. The van der Waals surface area contributed by atoms with Crippen molar-refractivity contribution in [2.24, 2.45) is 0 Å². The van der Waals surface area contributed by atoms with Crippen molar-refractivity contribution in [2.45, 2.75) is 50.1 Å². The molecule has 6 heteroatoms. The lowest BCUT2D eigenvalue weighted by atomic mass is 9.80. The molecule has 0 saturated heterocycles. The second kappa shape index (κ2) is 10.8. The third-order valence-electron chi connectivity index (χ3n) is 6.36. The van der Waals surface area contributed by atoms with E-state index in [0.29, 0.717) is 17.1 Å². The van der Waals surface area contributed by atoms with Gasteiger partial charge in [0.25, 0.3) is 5.91 Å². The highest BCUT2D eigenvalue weighted by Crippen LogP contribution is 2.31. The number of hydrogen-bond acceptors (Lipinski definition) is 3. The molecule has 0 spiro atoms. The standard InChI is InChI=1S/C25H32ClN3O2/c1-29(2)25(15-9-4-10-16-25)18-27-23(30)17-22(19-11-5-3-6-12-19)28-24(31)20-13-7-8-14-21(20)26/h3,5-8,11-14,22H,4,9-10,15-18H2,1-2H3,(H,27,30)(H,28,31)/t22-/m1/s1. The molecule has 2 N–H and O–H groups in total. The Bertz CT molecular complexity index is 879. The molecular weight excluding hydrogens is 410 g/mol. The van der Waals surface area contributed by atoms with Gasteiger partial charge in [0.05, 0.1) is 23.0 Å². The Balaban J connectivity index is 1.69. The van der Waals surface area contributed by atoms with Crippen LogP contribution in [0.2, 0.25) is 5.02 Å². The van der Waals surface area contributed by atoms with Gasteiger partial charge in [-0.2, -0.15) is 0 Å². The maximum Gasteiger partial charge on any atom is 0.253 e. The lowest BCUT2D eigenvalue weighted by Gasteiger charge is -2.43. The predicted octanol–water partition coefficient (Wildman–Crippen LogP) is 4.58. The number of hydrogen-bond donors (Lipinski definition) is 2. The molecule has 2 aromatic carbocycles. The van der Waals surface area contributed by atoms with Gasteiger partial charge < -0.3 is 15.5 Å². The fourth-order valence-corrected chi connectivity index (χ4v) is 4.55. The Labute approximate surface area is 190 Å². The van der Waals surface area contributed by atoms with Gasteiger partial charge in [0.15, 0.2) is 0 Å². The number of likely N-dealkylation sites (N-methyl/N-ethyl adjacent to an activating group) is 1. The highest BCUT2D eigenvalue weighted by molar-refractivity contribution is 6.33. The van der Waals surface area contributed by atoms with Crippen molar-refractivity contribution < 1.29 is 9.59 Å². The van der Waals surface area contributed by atoms with Gasteiger partial charge in [-0.1, -0.05) is 73.3 Å². The van der Waals surface area contributed by atoms with Crippen LogP contribution in [0.1, 0.15) is 60.5 Å². The molecule has 1 atom stereocenters. The second-order valence-corrected chi connectivity index (χ2v) is 8.98. The Morgan fingerprint density at radius 2 is 1.65 bits per heavy atom. The summed E-state index contributed by atoms with van der Waals surface area (Å²) in [5.74, 6) is -0.357. The van der Waals surface area contributed by atoms with Crippen LogP contribution in [0.3, 0.4) is 0 Å². The van der Waals surface area contributed by atoms with Crippen LogP contribution in [-0.2, 0) is 4.79 Å². The van der Waals surface area contributed by atoms with Crippen molar-refractivity contribution in [3.8, 4) is 0 Å². The average molecular weight is 442 g/mol. The Kier molecular flexibility index (Phi) is 8.10. The Morgan fingerprint density at radius 1 is 1.00 bits per heavy atom. The molecule has 1 aliphatic carbocycles. The molecule has 0 bridgehead atoms. The molecule has 3 rings (SSSR count). The minimum absolute atomic E-state index is 0.0109. The number of halogens is 1. The molecule has 0 heterocycles. The van der Waals surface area contributed by atoms with Crippen LogP contribution >= 0.6 is 11.6 Å². The highest BCUT2D eigenvalue weighted by atomic mass is 35.5. The van der Waals surface area contributed by atoms with E-state index in [1.165, 1.54) is 19.3 Å². The topological polar surface area (TPSA) is 61.4 Å². The zero-order chi connectivity index (χ0) is 22.3. The van der Waals surface area contributed by atoms with Gasteiger partial charge in [0.1, 0.15) is 0 Å². The quantitative estimate of drug-likeness (QED) is 0.630. The molecule has 31 heavy (non-hydrogen) atoms. The number of benzene rings is 2. The largest absolute Gasteiger partial charge is 0.354 e. The van der Waals surface area contributed by atoms with E-state index in [-0.39, 0.29) is 23.8 Å². The highest BCUT2D eigenvalue weighted by Gasteiger charge is 2.34. The molecule has 1 aliphatic rings. The molecular formula is C25H32ClN3O2. The van der Waals surface area contributed by atoms with E-state index >= 15 is 0 Å². The number of amides is 2. The summed E-state index contributed by atoms with van der Waals surface area (Å²) in [6, 6.07) is 16.1. The van der Waals surface area contributed by atoms with Crippen molar-refractivity contribution in [1.29, 1.82) is 0 Å². The van der Waals surface area contributed by atoms with E-state index in [0.717, 1.165) is 18.4 Å². The summed E-state index contributed by atoms with van der Waals surface area (Å²) in [6.07, 6.45) is 5.98. The minimum Gasteiger partial charge on any atom is -0.354 e. The molecule has 0 unspecified atom stereocenters. The summed E-state index contributed by atoms with van der Waals surface area (Å²) in [6.45, 7) is 0.624. The maximum atomic E-state index is 12.9. The fraction of sp³-hybridized carbons (Fsp3) is 0.440. The molecule has 0 aromatic heterocycles. The van der Waals surface area contributed by atoms with Crippen molar-refractivity contribution >= 4 is 23.4 Å². The number of rotatable bonds is 8. The average Bonchev–Trinajstić information content (AvgIpc) is 2.78. The summed E-state index contributed by atoms with van der Waals surface area (Å²) in [5.41, 5.74) is 1.30. The van der Waals surface area contributed by atoms with Gasteiger partial charge in [0, 0.05) is 12.1 Å². The molecule has 2 aromatic rings. The third kappa shape index (κ3) is 6.08. The molecule has 1 fully saturated rings. The monoisotopic (exact) mass is 441 g/mol. The van der Waals surface area contributed by atoms with E-state index in [2.05, 4.69) is 29.6 Å². The van der Waals surface area contributed by atoms with Crippen LogP contribution in [0.25, 0.3) is 0 Å². The summed E-state index contributed by atoms with van der Waals surface area (Å²) in [5, 5.41) is 6.53. The van der Waals surface area contributed by atoms with Gasteiger partial charge in [-0.05, 0) is 44.6 Å². The fourth-order valence-electron chi connectivity index (χ4n) is 4.33. The maximum absolute atomic E-state index is 12.9. The van der Waals surface area contributed by atoms with E-state index in [9.17, 15) is 9.59 Å². The molecule has 0 radical (unpaired) electrons. The number of nitrogens with zero attached hydrogens (tertiary/aromatic N) is 1. The molecule has 166 valence electrons. The summed E-state index contributed by atoms with van der Waals surface area (Å²) in [4.78, 5) is 28.0. The van der Waals surface area contributed by atoms with Crippen molar-refractivity contribution in [3.05, 3.63) is 70.7 Å². The van der Waals surface area contributed by atoms with E-state index in [1.807, 2.05) is 30.3 Å². The van der Waals surface area contributed by atoms with Crippen LogP contribution < -0.4 is 10.6 Å². The first-order chi connectivity index (χ1) is 14.9. The molecule has 1 saturated carbocycles. The van der Waals surface area contributed by atoms with Crippen LogP contribution in [0, 0.1) is 0 Å². The zero-order valence-corrected chi connectivity index (χ0v) is 19.1. The van der Waals surface area contributed by atoms with Gasteiger partial charge in [-0.3, -0.25) is 9.59 Å². The number of carbonyl (C=O) groups is 2. The van der Waals surface area contributed by atoms with Crippen molar-refractivity contribution in [2.75, 3.05) is 20.6 Å². The van der Waals surface area contributed by atoms with Crippen LogP contribution in [0.4, 0.5) is 0 Å². The normalized spacial score (nSPS) is 16.5. The Hall–Kier alpha value is -2.37. The van der Waals surface area contributed by atoms with E-state index in [4.69, 9.17) is 11.6 Å². The first-order valence-corrected chi connectivity index (χ1v) is 11.3. The van der Waals surface area contributed by atoms with Gasteiger partial charge in [-0.25, -0.2) is 0 Å². The van der Waals surface area contributed by atoms with Gasteiger partial charge in [-0.15, -0.1) is 0 Å². The number of carbonyl (C=O) groups excluding carboxylic acids is 2. The zero-order valence-electron chi connectivity index (χ0n) is 18.4. The lowest BCUT2D eigenvalue weighted by Crippen LogP contribution is -2.54. The number of nitrogens with one attached hydrogen (secondary N) is 2. The lowest BCUT2D eigenvalue weighted by molar-refractivity contribution is -0.122. The van der Waals surface area contributed by atoms with Crippen molar-refractivity contribution in [1.82, 2.24) is 15.5 Å². The predicted molar refractivity (Wildman–Crippen MR) is 125 cm³/mol. The van der Waals surface area contributed by atoms with Crippen LogP contribution in [0.15, 0.2) is 54.6 Å². The van der Waals surface area contributed by atoms with Gasteiger partial charge in [0.2, 0.25) is 5.91 Å². The second-order valence-electron chi connectivity index (χ2n) is 8.58. The van der Waals surface area contributed by atoms with E-state index < -0.39 is 6.04 Å². The van der Waals surface area contributed by atoms with Crippen molar-refractivity contribution in [3.63, 3.8) is 0 Å². The van der Waals surface area contributed by atoms with Crippen LogP contribution in [0.5, 0.6) is 0 Å². The molecule has 5 nitrogen and oxygen atoms in total. The first-order valence-electron chi connectivity index (χ1n) is 11.0. The van der Waals surface area contributed by atoms with Crippen LogP contribution in [-0.4, -0.2) is 42.9 Å². The first kappa shape index (κ1) is 23.3. The third-order valence-corrected chi connectivity index (χ3v) is 6.69. The SMILES string of the molecule is CN(C)C1(CNC(=O)C[C@@H](NC(=O)c2ccccc2Cl)c2ccccc2)CCCCC1. The summed E-state index contributed by atoms with van der Waals surface area (Å²) >= 11 is 6.19. The van der Waals surface area contributed by atoms with E-state index in [1.54, 1.807) is 24.3 Å². The van der Waals surface area contributed by atoms with Gasteiger partial charge >= 0.3 is 0 Å². The summed E-state index contributed by atoms with van der Waals surface area (Å²) in [7, 11) is 4.18.